The SMILES string of the molecule is COC(=O)CC1CN(C2CCCC2)C(C)CCN1. The van der Waals surface area contributed by atoms with Gasteiger partial charge in [-0.15, -0.1) is 0 Å². The lowest BCUT2D eigenvalue weighted by Crippen LogP contribution is -2.45. The van der Waals surface area contributed by atoms with Crippen molar-refractivity contribution in [2.45, 2.75) is 63.6 Å². The van der Waals surface area contributed by atoms with E-state index in [4.69, 9.17) is 4.74 Å². The van der Waals surface area contributed by atoms with E-state index in [2.05, 4.69) is 17.1 Å². The van der Waals surface area contributed by atoms with Crippen LogP contribution in [0.1, 0.15) is 45.4 Å². The molecule has 2 unspecified atom stereocenters. The molecule has 0 aromatic carbocycles. The second-order valence-electron chi connectivity index (χ2n) is 5.70. The largest absolute Gasteiger partial charge is 0.469 e. The molecule has 0 aromatic rings. The maximum atomic E-state index is 11.4. The first-order valence-electron chi connectivity index (χ1n) is 7.26. The minimum Gasteiger partial charge on any atom is -0.469 e. The van der Waals surface area contributed by atoms with E-state index in [9.17, 15) is 4.79 Å². The molecule has 0 spiro atoms. The fourth-order valence-corrected chi connectivity index (χ4v) is 3.33. The zero-order chi connectivity index (χ0) is 13.0. The second kappa shape index (κ2) is 6.53. The average molecular weight is 254 g/mol. The lowest BCUT2D eigenvalue weighted by atomic mass is 10.1. The first kappa shape index (κ1) is 13.8. The van der Waals surface area contributed by atoms with Crippen molar-refractivity contribution < 1.29 is 9.53 Å². The van der Waals surface area contributed by atoms with Gasteiger partial charge < -0.3 is 10.1 Å². The molecule has 0 bridgehead atoms. The number of carbonyl (C=O) groups is 1. The number of hydrogen-bond acceptors (Lipinski definition) is 4. The zero-order valence-electron chi connectivity index (χ0n) is 11.7. The van der Waals surface area contributed by atoms with Crippen LogP contribution in [0.25, 0.3) is 0 Å². The Morgan fingerprint density at radius 1 is 1.33 bits per heavy atom. The van der Waals surface area contributed by atoms with Gasteiger partial charge in [0.05, 0.1) is 13.5 Å². The van der Waals surface area contributed by atoms with Crippen molar-refractivity contribution in [3.8, 4) is 0 Å². The summed E-state index contributed by atoms with van der Waals surface area (Å²) in [6.07, 6.45) is 7.05. The number of carbonyl (C=O) groups excluding carboxylic acids is 1. The highest BCUT2D eigenvalue weighted by Crippen LogP contribution is 2.27. The van der Waals surface area contributed by atoms with E-state index in [0.29, 0.717) is 12.5 Å². The summed E-state index contributed by atoms with van der Waals surface area (Å²) in [6.45, 7) is 4.31. The standard InChI is InChI=1S/C14H26N2O2/c1-11-7-8-15-12(9-14(17)18-2)10-16(11)13-5-3-4-6-13/h11-13,15H,3-10H2,1-2H3. The molecule has 2 rings (SSSR count). The second-order valence-corrected chi connectivity index (χ2v) is 5.70. The number of hydrogen-bond donors (Lipinski definition) is 1. The highest BCUT2D eigenvalue weighted by atomic mass is 16.5. The molecule has 0 radical (unpaired) electrons. The monoisotopic (exact) mass is 254 g/mol. The van der Waals surface area contributed by atoms with E-state index in [-0.39, 0.29) is 12.0 Å². The Morgan fingerprint density at radius 3 is 2.72 bits per heavy atom. The average Bonchev–Trinajstić information content (AvgIpc) is 2.82. The molecule has 4 nitrogen and oxygen atoms in total. The topological polar surface area (TPSA) is 41.6 Å². The molecule has 1 heterocycles. The smallest absolute Gasteiger partial charge is 0.307 e. The van der Waals surface area contributed by atoms with Crippen LogP contribution in [0.4, 0.5) is 0 Å². The maximum absolute atomic E-state index is 11.4. The van der Waals surface area contributed by atoms with Gasteiger partial charge in [0.15, 0.2) is 0 Å². The molecule has 2 aliphatic rings. The Bertz CT molecular complexity index is 277. The summed E-state index contributed by atoms with van der Waals surface area (Å²) in [7, 11) is 1.47. The lowest BCUT2D eigenvalue weighted by Gasteiger charge is -2.34. The molecule has 4 heteroatoms. The summed E-state index contributed by atoms with van der Waals surface area (Å²) in [6, 6.07) is 1.62. The normalized spacial score (nSPS) is 31.2. The highest BCUT2D eigenvalue weighted by Gasteiger charge is 2.31. The number of ether oxygens (including phenoxy) is 1. The molecule has 1 N–H and O–H groups in total. The van der Waals surface area contributed by atoms with Gasteiger partial charge in [0, 0.05) is 24.7 Å². The van der Waals surface area contributed by atoms with Crippen molar-refractivity contribution in [3.63, 3.8) is 0 Å². The van der Waals surface area contributed by atoms with Gasteiger partial charge in [-0.25, -0.2) is 0 Å². The highest BCUT2D eigenvalue weighted by molar-refractivity contribution is 5.69. The van der Waals surface area contributed by atoms with Crippen molar-refractivity contribution in [2.24, 2.45) is 0 Å². The van der Waals surface area contributed by atoms with Crippen LogP contribution in [0.3, 0.4) is 0 Å². The lowest BCUT2D eigenvalue weighted by molar-refractivity contribution is -0.141. The Balaban J connectivity index is 1.95. The molecule has 104 valence electrons. The molecule has 1 aliphatic heterocycles. The van der Waals surface area contributed by atoms with Crippen LogP contribution in [0.5, 0.6) is 0 Å². The summed E-state index contributed by atoms with van der Waals surface area (Å²) < 4.78 is 4.78. The van der Waals surface area contributed by atoms with Crippen LogP contribution in [0.2, 0.25) is 0 Å². The fourth-order valence-electron chi connectivity index (χ4n) is 3.33. The summed E-state index contributed by atoms with van der Waals surface area (Å²) in [4.78, 5) is 14.0. The molecule has 2 fully saturated rings. The molecule has 0 amide bonds. The van der Waals surface area contributed by atoms with Gasteiger partial charge in [-0.2, -0.15) is 0 Å². The Kier molecular flexibility index (Phi) is 5.01. The maximum Gasteiger partial charge on any atom is 0.307 e. The predicted octanol–water partition coefficient (Wildman–Crippen LogP) is 1.54. The van der Waals surface area contributed by atoms with E-state index in [0.717, 1.165) is 19.1 Å². The number of nitrogens with zero attached hydrogens (tertiary/aromatic N) is 1. The van der Waals surface area contributed by atoms with E-state index in [1.165, 1.54) is 39.2 Å². The first-order valence-corrected chi connectivity index (χ1v) is 7.26. The minimum atomic E-state index is -0.103. The predicted molar refractivity (Wildman–Crippen MR) is 71.5 cm³/mol. The third-order valence-corrected chi connectivity index (χ3v) is 4.43. The van der Waals surface area contributed by atoms with Crippen LogP contribution in [0, 0.1) is 0 Å². The van der Waals surface area contributed by atoms with E-state index >= 15 is 0 Å². The van der Waals surface area contributed by atoms with Gasteiger partial charge in [0.1, 0.15) is 0 Å². The number of nitrogens with one attached hydrogen (secondary N) is 1. The summed E-state index contributed by atoms with van der Waals surface area (Å²) >= 11 is 0. The van der Waals surface area contributed by atoms with Crippen LogP contribution in [-0.2, 0) is 9.53 Å². The van der Waals surface area contributed by atoms with Crippen molar-refractivity contribution in [1.29, 1.82) is 0 Å². The Hall–Kier alpha value is -0.610. The molecule has 1 aliphatic carbocycles. The number of esters is 1. The van der Waals surface area contributed by atoms with Gasteiger partial charge in [-0.05, 0) is 32.7 Å². The molecular formula is C14H26N2O2. The van der Waals surface area contributed by atoms with Crippen LogP contribution < -0.4 is 5.32 Å². The molecule has 2 atom stereocenters. The summed E-state index contributed by atoms with van der Waals surface area (Å²) in [5.41, 5.74) is 0. The van der Waals surface area contributed by atoms with Gasteiger partial charge in [0.25, 0.3) is 0 Å². The quantitative estimate of drug-likeness (QED) is 0.776. The molecule has 1 saturated heterocycles. The Labute approximate surface area is 110 Å². The van der Waals surface area contributed by atoms with Crippen molar-refractivity contribution in [3.05, 3.63) is 0 Å². The molecule has 1 saturated carbocycles. The third-order valence-electron chi connectivity index (χ3n) is 4.43. The van der Waals surface area contributed by atoms with Gasteiger partial charge in [0.2, 0.25) is 0 Å². The fraction of sp³-hybridized carbons (Fsp3) is 0.929. The van der Waals surface area contributed by atoms with E-state index < -0.39 is 0 Å². The van der Waals surface area contributed by atoms with Gasteiger partial charge in [-0.1, -0.05) is 12.8 Å². The van der Waals surface area contributed by atoms with Gasteiger partial charge >= 0.3 is 5.97 Å². The van der Waals surface area contributed by atoms with E-state index in [1.54, 1.807) is 0 Å². The minimum absolute atomic E-state index is 0.103. The van der Waals surface area contributed by atoms with Crippen molar-refractivity contribution in [1.82, 2.24) is 10.2 Å². The van der Waals surface area contributed by atoms with Crippen molar-refractivity contribution >= 4 is 5.97 Å². The van der Waals surface area contributed by atoms with Crippen molar-refractivity contribution in [2.75, 3.05) is 20.2 Å². The molecular weight excluding hydrogens is 228 g/mol. The number of rotatable bonds is 3. The Morgan fingerprint density at radius 2 is 2.06 bits per heavy atom. The number of methoxy groups -OCH3 is 1. The van der Waals surface area contributed by atoms with Crippen LogP contribution in [-0.4, -0.2) is 49.2 Å². The third kappa shape index (κ3) is 3.45. The van der Waals surface area contributed by atoms with Crippen LogP contribution >= 0.6 is 0 Å². The van der Waals surface area contributed by atoms with Crippen LogP contribution in [0.15, 0.2) is 0 Å². The zero-order valence-corrected chi connectivity index (χ0v) is 11.7. The van der Waals surface area contributed by atoms with E-state index in [1.807, 2.05) is 0 Å². The first-order chi connectivity index (χ1) is 8.70. The molecule has 18 heavy (non-hydrogen) atoms. The molecule has 0 aromatic heterocycles. The van der Waals surface area contributed by atoms with Gasteiger partial charge in [-0.3, -0.25) is 9.69 Å². The summed E-state index contributed by atoms with van der Waals surface area (Å²) in [5.74, 6) is -0.103. The summed E-state index contributed by atoms with van der Waals surface area (Å²) in [5, 5.41) is 3.49.